The molecule has 5 rings (SSSR count). The summed E-state index contributed by atoms with van der Waals surface area (Å²) in [6.45, 7) is 4.54. The predicted molar refractivity (Wildman–Crippen MR) is 71.3 cm³/mol. The highest BCUT2D eigenvalue weighted by Crippen LogP contribution is 2.72. The highest BCUT2D eigenvalue weighted by atomic mass is 16.8. The van der Waals surface area contributed by atoms with Gasteiger partial charge in [-0.1, -0.05) is 13.8 Å². The van der Waals surface area contributed by atoms with Crippen LogP contribution in [0.4, 0.5) is 0 Å². The number of aliphatic hydroxyl groups is 4. The molecule has 0 aromatic rings. The largest absolute Gasteiger partial charge is 0.387 e. The summed E-state index contributed by atoms with van der Waals surface area (Å²) in [6, 6.07) is 0. The molecular formula is C15H22O7. The summed E-state index contributed by atoms with van der Waals surface area (Å²) in [4.78, 5) is 12.7. The van der Waals surface area contributed by atoms with Crippen molar-refractivity contribution in [3.8, 4) is 0 Å². The second kappa shape index (κ2) is 3.58. The van der Waals surface area contributed by atoms with Gasteiger partial charge in [0.05, 0.1) is 23.7 Å². The van der Waals surface area contributed by atoms with Crippen LogP contribution in [0.15, 0.2) is 0 Å². The van der Waals surface area contributed by atoms with Crippen LogP contribution >= 0.6 is 0 Å². The number of ketones is 1. The number of Topliss-reactive ketones (excluding diaryl/α,β-unsaturated/α-hetero) is 1. The van der Waals surface area contributed by atoms with E-state index >= 15 is 0 Å². The number of carbonyl (C=O) groups is 1. The van der Waals surface area contributed by atoms with Gasteiger partial charge in [-0.2, -0.15) is 0 Å². The van der Waals surface area contributed by atoms with Gasteiger partial charge in [0.2, 0.25) is 0 Å². The zero-order chi connectivity index (χ0) is 16.3. The lowest BCUT2D eigenvalue weighted by molar-refractivity contribution is -0.456. The summed E-state index contributed by atoms with van der Waals surface area (Å²) in [5, 5.41) is 43.9. The Morgan fingerprint density at radius 2 is 1.86 bits per heavy atom. The van der Waals surface area contributed by atoms with Crippen LogP contribution in [0.5, 0.6) is 0 Å². The van der Waals surface area contributed by atoms with E-state index in [0.717, 1.165) is 0 Å². The van der Waals surface area contributed by atoms with Gasteiger partial charge >= 0.3 is 5.97 Å². The molecule has 8 unspecified atom stereocenters. The first-order valence-corrected chi connectivity index (χ1v) is 7.67. The summed E-state index contributed by atoms with van der Waals surface area (Å²) in [6.07, 6.45) is -2.24. The fraction of sp³-hybridized carbons (Fsp3) is 0.933. The molecule has 4 N–H and O–H groups in total. The quantitative estimate of drug-likeness (QED) is 0.449. The van der Waals surface area contributed by atoms with Gasteiger partial charge in [0.25, 0.3) is 0 Å². The van der Waals surface area contributed by atoms with Crippen LogP contribution in [0.3, 0.4) is 0 Å². The van der Waals surface area contributed by atoms with Crippen molar-refractivity contribution in [2.75, 3.05) is 6.61 Å². The minimum absolute atomic E-state index is 0.0853. The molecule has 124 valence electrons. The maximum atomic E-state index is 12.7. The Labute approximate surface area is 127 Å². The highest BCUT2D eigenvalue weighted by Gasteiger charge is 2.86. The molecule has 2 aliphatic carbocycles. The van der Waals surface area contributed by atoms with Crippen molar-refractivity contribution < 1.29 is 34.7 Å². The van der Waals surface area contributed by atoms with Gasteiger partial charge < -0.3 is 29.9 Å². The Morgan fingerprint density at radius 3 is 2.50 bits per heavy atom. The first kappa shape index (κ1) is 15.0. The zero-order valence-corrected chi connectivity index (χ0v) is 12.9. The summed E-state index contributed by atoms with van der Waals surface area (Å²) in [5.74, 6) is -3.11. The van der Waals surface area contributed by atoms with Gasteiger partial charge in [-0.05, 0) is 19.3 Å². The van der Waals surface area contributed by atoms with Crippen molar-refractivity contribution in [1.82, 2.24) is 0 Å². The summed E-state index contributed by atoms with van der Waals surface area (Å²) >= 11 is 0. The van der Waals surface area contributed by atoms with Gasteiger partial charge in [-0.3, -0.25) is 4.79 Å². The molecule has 2 saturated carbocycles. The molecule has 1 spiro atoms. The monoisotopic (exact) mass is 314 g/mol. The van der Waals surface area contributed by atoms with E-state index in [1.54, 1.807) is 13.8 Å². The Morgan fingerprint density at radius 1 is 1.23 bits per heavy atom. The highest BCUT2D eigenvalue weighted by molar-refractivity contribution is 5.93. The first-order chi connectivity index (χ1) is 9.97. The van der Waals surface area contributed by atoms with Gasteiger partial charge in [0.1, 0.15) is 11.7 Å². The molecule has 5 fully saturated rings. The molecule has 3 aliphatic heterocycles. The van der Waals surface area contributed by atoms with Crippen molar-refractivity contribution in [2.45, 2.75) is 63.0 Å². The second-order valence-electron chi connectivity index (χ2n) is 7.89. The molecular weight excluding hydrogens is 292 g/mol. The smallest absolute Gasteiger partial charge is 0.309 e. The van der Waals surface area contributed by atoms with Gasteiger partial charge in [-0.15, -0.1) is 0 Å². The molecule has 0 radical (unpaired) electrons. The number of rotatable bonds is 0. The van der Waals surface area contributed by atoms with Gasteiger partial charge in [-0.25, -0.2) is 0 Å². The lowest BCUT2D eigenvalue weighted by Crippen LogP contribution is -2.81. The molecule has 22 heavy (non-hydrogen) atoms. The van der Waals surface area contributed by atoms with Crippen LogP contribution in [0.1, 0.15) is 33.6 Å². The second-order valence-corrected chi connectivity index (χ2v) is 7.89. The average molecular weight is 314 g/mol. The number of hydrogen-bond donors (Lipinski definition) is 4. The lowest BCUT2D eigenvalue weighted by atomic mass is 9.44. The summed E-state index contributed by atoms with van der Waals surface area (Å²) < 4.78 is 10.8. The van der Waals surface area contributed by atoms with Gasteiger partial charge in [0, 0.05) is 11.8 Å². The Bertz CT molecular complexity index is 576. The maximum absolute atomic E-state index is 12.7. The predicted octanol–water partition coefficient (Wildman–Crippen LogP) is -1.09. The molecule has 5 aliphatic rings. The Balaban J connectivity index is 2.09. The van der Waals surface area contributed by atoms with Crippen LogP contribution in [-0.4, -0.2) is 62.2 Å². The van der Waals surface area contributed by atoms with Crippen molar-refractivity contribution in [1.29, 1.82) is 0 Å². The third-order valence-corrected chi connectivity index (χ3v) is 7.23. The normalized spacial score (nSPS) is 66.5. The van der Waals surface area contributed by atoms with E-state index in [9.17, 15) is 25.2 Å². The van der Waals surface area contributed by atoms with Crippen LogP contribution in [0.2, 0.25) is 0 Å². The molecule has 0 amide bonds. The fourth-order valence-corrected chi connectivity index (χ4v) is 5.56. The lowest BCUT2D eigenvalue weighted by Gasteiger charge is -2.66. The van der Waals surface area contributed by atoms with Crippen LogP contribution in [-0.2, 0) is 14.3 Å². The van der Waals surface area contributed by atoms with Crippen molar-refractivity contribution in [2.24, 2.45) is 16.7 Å². The molecule has 7 nitrogen and oxygen atoms in total. The van der Waals surface area contributed by atoms with E-state index in [1.807, 2.05) is 0 Å². The number of carbonyl (C=O) groups excluding carboxylic acids is 1. The number of fused-ring (bicyclic) bond motifs is 1. The third-order valence-electron chi connectivity index (χ3n) is 7.23. The topological polar surface area (TPSA) is 116 Å². The van der Waals surface area contributed by atoms with Crippen LogP contribution in [0.25, 0.3) is 0 Å². The zero-order valence-electron chi connectivity index (χ0n) is 12.9. The van der Waals surface area contributed by atoms with E-state index in [2.05, 4.69) is 0 Å². The third kappa shape index (κ3) is 1.10. The first-order valence-electron chi connectivity index (χ1n) is 7.67. The molecule has 3 heterocycles. The Kier molecular flexibility index (Phi) is 2.44. The van der Waals surface area contributed by atoms with E-state index < -0.39 is 46.0 Å². The van der Waals surface area contributed by atoms with E-state index in [-0.39, 0.29) is 25.4 Å². The van der Waals surface area contributed by atoms with E-state index in [4.69, 9.17) is 9.47 Å². The fourth-order valence-electron chi connectivity index (χ4n) is 5.56. The number of ether oxygens (including phenoxy) is 2. The molecule has 0 aromatic heterocycles. The molecule has 0 aromatic carbocycles. The molecule has 7 heteroatoms. The summed E-state index contributed by atoms with van der Waals surface area (Å²) in [7, 11) is 0. The van der Waals surface area contributed by atoms with Crippen LogP contribution < -0.4 is 0 Å². The number of hydrogen-bond acceptors (Lipinski definition) is 7. The van der Waals surface area contributed by atoms with Crippen molar-refractivity contribution in [3.05, 3.63) is 0 Å². The molecule has 8 atom stereocenters. The summed E-state index contributed by atoms with van der Waals surface area (Å²) in [5.41, 5.74) is -6.26. The van der Waals surface area contributed by atoms with E-state index in [0.29, 0.717) is 0 Å². The van der Waals surface area contributed by atoms with Crippen LogP contribution in [0, 0.1) is 16.7 Å². The minimum atomic E-state index is -2.33. The molecule has 3 saturated heterocycles. The SMILES string of the molecule is CC1CC(=O)C2(O)C13CC1OC(O)(OCC2(C)C1(C)O)C3O. The van der Waals surface area contributed by atoms with Crippen molar-refractivity contribution >= 4 is 5.78 Å². The standard InChI is InChI=1S/C15H22O7/c1-7-4-8(16)14(19)11(2)6-21-15(20)10(17)13(7,14)5-9(22-15)12(11,3)18/h7,9-10,17-20H,4-6H2,1-3H3. The Hall–Kier alpha value is -0.570. The number of aliphatic hydroxyl groups excluding tert-OH is 1. The average Bonchev–Trinajstić information content (AvgIpc) is 2.58. The molecule has 4 bridgehead atoms. The van der Waals surface area contributed by atoms with E-state index in [1.165, 1.54) is 6.92 Å². The maximum Gasteiger partial charge on any atom is 0.309 e. The van der Waals surface area contributed by atoms with Crippen molar-refractivity contribution in [3.63, 3.8) is 0 Å². The minimum Gasteiger partial charge on any atom is -0.387 e. The van der Waals surface area contributed by atoms with Gasteiger partial charge in [0.15, 0.2) is 5.78 Å².